The number of para-hydroxylation sites is 2. The summed E-state index contributed by atoms with van der Waals surface area (Å²) >= 11 is 1.23. The van der Waals surface area contributed by atoms with Crippen molar-refractivity contribution < 1.29 is 14.3 Å². The molecule has 6 nitrogen and oxygen atoms in total. The maximum atomic E-state index is 12.0. The smallest absolute Gasteiger partial charge is 0.316 e. The Hall–Kier alpha value is -2.93. The fourth-order valence-corrected chi connectivity index (χ4v) is 3.82. The lowest BCUT2D eigenvalue weighted by molar-refractivity contribution is -0.144. The number of hydrogen-bond donors (Lipinski definition) is 1. The van der Waals surface area contributed by atoms with Crippen LogP contribution >= 0.6 is 11.8 Å². The summed E-state index contributed by atoms with van der Waals surface area (Å²) in [6, 6.07) is 13.5. The Morgan fingerprint density at radius 3 is 2.79 bits per heavy atom. The van der Waals surface area contributed by atoms with Crippen LogP contribution in [0, 0.1) is 0 Å². The van der Waals surface area contributed by atoms with E-state index < -0.39 is 5.97 Å². The van der Waals surface area contributed by atoms with Crippen molar-refractivity contribution in [3.05, 3.63) is 59.8 Å². The van der Waals surface area contributed by atoms with Gasteiger partial charge in [0.15, 0.2) is 6.61 Å². The number of hydrogen-bond acceptors (Lipinski definition) is 6. The summed E-state index contributed by atoms with van der Waals surface area (Å²) in [6.07, 6.45) is 4.92. The molecule has 1 aromatic heterocycles. The second-order valence-corrected chi connectivity index (χ2v) is 7.53. The maximum Gasteiger partial charge on any atom is 0.316 e. The molecule has 1 heterocycles. The van der Waals surface area contributed by atoms with Gasteiger partial charge in [-0.05, 0) is 54.7 Å². The molecule has 3 aromatic rings. The molecule has 1 N–H and O–H groups in total. The zero-order valence-corrected chi connectivity index (χ0v) is 16.0. The Morgan fingerprint density at radius 1 is 1.07 bits per heavy atom. The molecule has 28 heavy (non-hydrogen) atoms. The summed E-state index contributed by atoms with van der Waals surface area (Å²) in [4.78, 5) is 32.7. The first-order valence-corrected chi connectivity index (χ1v) is 10.1. The SMILES string of the molecule is O=C(COC(=O)CSc1cnc2ccccc2n1)Nc1ccc2c(c1)CCC2. The van der Waals surface area contributed by atoms with E-state index in [9.17, 15) is 9.59 Å². The number of benzene rings is 2. The van der Waals surface area contributed by atoms with Crippen LogP contribution < -0.4 is 5.32 Å². The number of anilines is 1. The van der Waals surface area contributed by atoms with E-state index in [1.165, 1.54) is 22.9 Å². The fourth-order valence-electron chi connectivity index (χ4n) is 3.18. The van der Waals surface area contributed by atoms with Gasteiger partial charge in [-0.15, -0.1) is 0 Å². The molecule has 0 saturated heterocycles. The number of nitrogens with one attached hydrogen (secondary N) is 1. The summed E-state index contributed by atoms with van der Waals surface area (Å²) in [5.41, 5.74) is 4.94. The molecule has 142 valence electrons. The first kappa shape index (κ1) is 18.4. The minimum Gasteiger partial charge on any atom is -0.455 e. The van der Waals surface area contributed by atoms with Crippen LogP contribution in [0.2, 0.25) is 0 Å². The van der Waals surface area contributed by atoms with E-state index >= 15 is 0 Å². The Morgan fingerprint density at radius 2 is 1.89 bits per heavy atom. The minimum atomic E-state index is -0.468. The summed E-state index contributed by atoms with van der Waals surface area (Å²) in [6.45, 7) is -0.306. The number of rotatable bonds is 6. The predicted octanol–water partition coefficient (Wildman–Crippen LogP) is 3.39. The summed E-state index contributed by atoms with van der Waals surface area (Å²) in [5.74, 6) is -0.745. The highest BCUT2D eigenvalue weighted by Crippen LogP contribution is 2.24. The lowest BCUT2D eigenvalue weighted by atomic mass is 10.1. The van der Waals surface area contributed by atoms with Gasteiger partial charge in [0.1, 0.15) is 5.03 Å². The van der Waals surface area contributed by atoms with Gasteiger partial charge in [-0.3, -0.25) is 14.6 Å². The number of aryl methyl sites for hydroxylation is 2. The van der Waals surface area contributed by atoms with Crippen LogP contribution in [0.1, 0.15) is 17.5 Å². The van der Waals surface area contributed by atoms with Gasteiger partial charge < -0.3 is 10.1 Å². The molecule has 1 aliphatic rings. The summed E-state index contributed by atoms with van der Waals surface area (Å²) in [7, 11) is 0. The first-order chi connectivity index (χ1) is 13.7. The standard InChI is InChI=1S/C21H19N3O3S/c25-19(23-16-9-8-14-4-3-5-15(14)10-16)12-27-21(26)13-28-20-11-22-17-6-1-2-7-18(17)24-20/h1-2,6-11H,3-5,12-13H2,(H,23,25). The van der Waals surface area contributed by atoms with Crippen molar-refractivity contribution in [2.45, 2.75) is 24.3 Å². The number of amides is 1. The summed E-state index contributed by atoms with van der Waals surface area (Å²) < 4.78 is 5.06. The third-order valence-corrected chi connectivity index (χ3v) is 5.38. The van der Waals surface area contributed by atoms with Crippen LogP contribution in [0.25, 0.3) is 11.0 Å². The number of thioether (sulfide) groups is 1. The molecule has 0 fully saturated rings. The van der Waals surface area contributed by atoms with Crippen molar-refractivity contribution >= 4 is 40.4 Å². The van der Waals surface area contributed by atoms with E-state index in [1.807, 2.05) is 42.5 Å². The quantitative estimate of drug-likeness (QED) is 0.511. The molecule has 1 amide bonds. The molecule has 0 bridgehead atoms. The highest BCUT2D eigenvalue weighted by molar-refractivity contribution is 7.99. The molecule has 0 unspecified atom stereocenters. The number of carbonyl (C=O) groups excluding carboxylic acids is 2. The van der Waals surface area contributed by atoms with Crippen LogP contribution in [-0.2, 0) is 27.2 Å². The molecule has 0 spiro atoms. The highest BCUT2D eigenvalue weighted by Gasteiger charge is 2.13. The van der Waals surface area contributed by atoms with Crippen molar-refractivity contribution in [2.75, 3.05) is 17.7 Å². The topological polar surface area (TPSA) is 81.2 Å². The molecule has 7 heteroatoms. The average molecular weight is 393 g/mol. The second kappa shape index (κ2) is 8.39. The normalized spacial score (nSPS) is 12.6. The van der Waals surface area contributed by atoms with Crippen molar-refractivity contribution in [2.24, 2.45) is 0 Å². The third kappa shape index (κ3) is 4.48. The van der Waals surface area contributed by atoms with E-state index in [1.54, 1.807) is 6.20 Å². The van der Waals surface area contributed by atoms with E-state index in [0.717, 1.165) is 36.0 Å². The number of ether oxygens (including phenoxy) is 1. The molecular weight excluding hydrogens is 374 g/mol. The van der Waals surface area contributed by atoms with E-state index in [0.29, 0.717) is 5.03 Å². The largest absolute Gasteiger partial charge is 0.455 e. The summed E-state index contributed by atoms with van der Waals surface area (Å²) in [5, 5.41) is 3.41. The first-order valence-electron chi connectivity index (χ1n) is 9.09. The van der Waals surface area contributed by atoms with Crippen molar-refractivity contribution in [1.82, 2.24) is 9.97 Å². The number of fused-ring (bicyclic) bond motifs is 2. The lowest BCUT2D eigenvalue weighted by Crippen LogP contribution is -2.21. The van der Waals surface area contributed by atoms with Gasteiger partial charge in [-0.2, -0.15) is 0 Å². The highest BCUT2D eigenvalue weighted by atomic mass is 32.2. The van der Waals surface area contributed by atoms with Gasteiger partial charge in [0.05, 0.1) is 23.0 Å². The Bertz CT molecular complexity index is 1040. The van der Waals surface area contributed by atoms with Gasteiger partial charge in [0.2, 0.25) is 0 Å². The molecule has 0 atom stereocenters. The monoisotopic (exact) mass is 393 g/mol. The van der Waals surface area contributed by atoms with E-state index in [-0.39, 0.29) is 18.3 Å². The molecular formula is C21H19N3O3S. The Kier molecular flexibility index (Phi) is 5.53. The van der Waals surface area contributed by atoms with Gasteiger partial charge in [0.25, 0.3) is 5.91 Å². The second-order valence-electron chi connectivity index (χ2n) is 6.53. The van der Waals surface area contributed by atoms with Crippen LogP contribution in [-0.4, -0.2) is 34.2 Å². The zero-order chi connectivity index (χ0) is 19.3. The van der Waals surface area contributed by atoms with Crippen LogP contribution in [0.15, 0.2) is 53.7 Å². The lowest BCUT2D eigenvalue weighted by Gasteiger charge is -2.08. The molecule has 2 aromatic carbocycles. The molecule has 4 rings (SSSR count). The maximum absolute atomic E-state index is 12.0. The molecule has 0 aliphatic heterocycles. The zero-order valence-electron chi connectivity index (χ0n) is 15.2. The van der Waals surface area contributed by atoms with Gasteiger partial charge >= 0.3 is 5.97 Å². The van der Waals surface area contributed by atoms with Gasteiger partial charge in [0, 0.05) is 5.69 Å². The fraction of sp³-hybridized carbons (Fsp3) is 0.238. The van der Waals surface area contributed by atoms with Crippen molar-refractivity contribution in [3.63, 3.8) is 0 Å². The van der Waals surface area contributed by atoms with E-state index in [2.05, 4.69) is 15.3 Å². The number of aromatic nitrogens is 2. The van der Waals surface area contributed by atoms with Gasteiger partial charge in [-0.25, -0.2) is 4.98 Å². The average Bonchev–Trinajstić information content (AvgIpc) is 3.18. The predicted molar refractivity (Wildman–Crippen MR) is 108 cm³/mol. The molecule has 0 radical (unpaired) electrons. The number of nitrogens with zero attached hydrogens (tertiary/aromatic N) is 2. The van der Waals surface area contributed by atoms with Crippen molar-refractivity contribution in [3.8, 4) is 0 Å². The van der Waals surface area contributed by atoms with Crippen LogP contribution in [0.3, 0.4) is 0 Å². The number of carbonyl (C=O) groups is 2. The Labute approximate surface area is 166 Å². The van der Waals surface area contributed by atoms with Crippen LogP contribution in [0.4, 0.5) is 5.69 Å². The third-order valence-electron chi connectivity index (χ3n) is 4.51. The van der Waals surface area contributed by atoms with Crippen molar-refractivity contribution in [1.29, 1.82) is 0 Å². The molecule has 1 aliphatic carbocycles. The number of esters is 1. The minimum absolute atomic E-state index is 0.0686. The van der Waals surface area contributed by atoms with Crippen LogP contribution in [0.5, 0.6) is 0 Å². The van der Waals surface area contributed by atoms with E-state index in [4.69, 9.17) is 4.74 Å². The molecule has 0 saturated carbocycles. The Balaban J connectivity index is 1.24. The van der Waals surface area contributed by atoms with Gasteiger partial charge in [-0.1, -0.05) is 30.0 Å².